The number of rotatable bonds is 4. The summed E-state index contributed by atoms with van der Waals surface area (Å²) in [5, 5.41) is 11.9. The molecule has 2 heterocycles. The Morgan fingerprint density at radius 3 is 2.83 bits per heavy atom. The maximum atomic E-state index is 13.5. The number of amides is 1. The Kier molecular flexibility index (Phi) is 4.16. The van der Waals surface area contributed by atoms with Gasteiger partial charge in [-0.3, -0.25) is 4.79 Å². The number of halogens is 2. The minimum Gasteiger partial charge on any atom is -0.419 e. The Bertz CT molecular complexity index is 860. The Morgan fingerprint density at radius 1 is 1.30 bits per heavy atom. The number of hydrogen-bond acceptors (Lipinski definition) is 5. The third kappa shape index (κ3) is 3.42. The van der Waals surface area contributed by atoms with Crippen LogP contribution in [0.15, 0.2) is 34.1 Å². The molecule has 0 atom stereocenters. The van der Waals surface area contributed by atoms with Crippen molar-refractivity contribution in [3.8, 4) is 10.8 Å². The Labute approximate surface area is 134 Å². The minimum atomic E-state index is -0.848. The van der Waals surface area contributed by atoms with Crippen LogP contribution in [0.4, 0.5) is 14.5 Å². The maximum Gasteiger partial charge on any atom is 0.258 e. The van der Waals surface area contributed by atoms with Crippen LogP contribution in [0, 0.1) is 18.6 Å². The second kappa shape index (κ2) is 6.25. The highest BCUT2D eigenvalue weighted by Gasteiger charge is 2.15. The van der Waals surface area contributed by atoms with Crippen molar-refractivity contribution in [2.24, 2.45) is 0 Å². The monoisotopic (exact) mass is 335 g/mol. The molecule has 0 aliphatic rings. The number of anilines is 1. The molecule has 1 N–H and O–H groups in total. The lowest BCUT2D eigenvalue weighted by Gasteiger charge is -2.04. The molecule has 118 valence electrons. The van der Waals surface area contributed by atoms with E-state index in [0.717, 1.165) is 22.6 Å². The van der Waals surface area contributed by atoms with Crippen molar-refractivity contribution in [3.63, 3.8) is 0 Å². The van der Waals surface area contributed by atoms with Crippen LogP contribution in [0.2, 0.25) is 0 Å². The average Bonchev–Trinajstić information content (AvgIpc) is 3.10. The van der Waals surface area contributed by atoms with Crippen molar-refractivity contribution < 1.29 is 18.0 Å². The van der Waals surface area contributed by atoms with Crippen molar-refractivity contribution in [2.75, 3.05) is 5.32 Å². The highest BCUT2D eigenvalue weighted by atomic mass is 32.1. The third-order valence-corrected chi connectivity index (χ3v) is 4.04. The van der Waals surface area contributed by atoms with E-state index in [9.17, 15) is 13.6 Å². The summed E-state index contributed by atoms with van der Waals surface area (Å²) in [7, 11) is 0. The van der Waals surface area contributed by atoms with Gasteiger partial charge in [0.25, 0.3) is 5.89 Å². The van der Waals surface area contributed by atoms with Gasteiger partial charge in [-0.25, -0.2) is 8.78 Å². The smallest absolute Gasteiger partial charge is 0.258 e. The van der Waals surface area contributed by atoms with Crippen LogP contribution in [0.1, 0.15) is 11.5 Å². The highest BCUT2D eigenvalue weighted by Crippen LogP contribution is 2.27. The van der Waals surface area contributed by atoms with E-state index >= 15 is 0 Å². The molecule has 1 aromatic carbocycles. The van der Waals surface area contributed by atoms with Crippen molar-refractivity contribution >= 4 is 22.9 Å². The van der Waals surface area contributed by atoms with E-state index in [-0.39, 0.29) is 18.0 Å². The van der Waals surface area contributed by atoms with Gasteiger partial charge in [0.2, 0.25) is 11.8 Å². The Hall–Kier alpha value is -2.61. The number of nitrogens with zero attached hydrogens (tertiary/aromatic N) is 2. The van der Waals surface area contributed by atoms with Gasteiger partial charge < -0.3 is 9.73 Å². The quantitative estimate of drug-likeness (QED) is 0.791. The molecule has 0 unspecified atom stereocenters. The normalized spacial score (nSPS) is 10.7. The first kappa shape index (κ1) is 15.3. The number of carbonyl (C=O) groups excluding carboxylic acids is 1. The van der Waals surface area contributed by atoms with Gasteiger partial charge in [0.1, 0.15) is 18.1 Å². The predicted octanol–water partition coefficient (Wildman–Crippen LogP) is 3.57. The molecular weight excluding hydrogens is 324 g/mol. The molecule has 0 bridgehead atoms. The maximum absolute atomic E-state index is 13.5. The zero-order valence-electron chi connectivity index (χ0n) is 12.0. The summed E-state index contributed by atoms with van der Waals surface area (Å²) >= 11 is 1.46. The standard InChI is InChI=1S/C15H11F2N3O2S/c1-8-4-5-23-14(8)15-20-19-13(22-15)7-12(21)18-11-3-2-9(16)6-10(11)17/h2-6H,7H2,1H3,(H,18,21). The first-order chi connectivity index (χ1) is 11.0. The van der Waals surface area contributed by atoms with Crippen molar-refractivity contribution in [1.82, 2.24) is 10.2 Å². The van der Waals surface area contributed by atoms with Crippen LogP contribution in [-0.4, -0.2) is 16.1 Å². The molecular formula is C15H11F2N3O2S. The van der Waals surface area contributed by atoms with E-state index in [4.69, 9.17) is 4.42 Å². The number of benzene rings is 1. The fraction of sp³-hybridized carbons (Fsp3) is 0.133. The van der Waals surface area contributed by atoms with Crippen LogP contribution in [0.3, 0.4) is 0 Å². The van der Waals surface area contributed by atoms with Crippen LogP contribution in [0.25, 0.3) is 10.8 Å². The summed E-state index contributed by atoms with van der Waals surface area (Å²) in [6.07, 6.45) is -0.200. The van der Waals surface area contributed by atoms with E-state index in [1.165, 1.54) is 11.3 Å². The van der Waals surface area contributed by atoms with Gasteiger partial charge in [-0.15, -0.1) is 21.5 Å². The summed E-state index contributed by atoms with van der Waals surface area (Å²) in [6, 6.07) is 4.83. The van der Waals surface area contributed by atoms with Crippen LogP contribution < -0.4 is 5.32 Å². The van der Waals surface area contributed by atoms with Gasteiger partial charge in [0.05, 0.1) is 10.6 Å². The fourth-order valence-electron chi connectivity index (χ4n) is 1.93. The summed E-state index contributed by atoms with van der Waals surface area (Å²) < 4.78 is 31.7. The molecule has 8 heteroatoms. The molecule has 0 spiro atoms. The van der Waals surface area contributed by atoms with Gasteiger partial charge in [0, 0.05) is 6.07 Å². The number of hydrogen-bond donors (Lipinski definition) is 1. The molecule has 0 radical (unpaired) electrons. The second-order valence-electron chi connectivity index (χ2n) is 4.78. The van der Waals surface area contributed by atoms with E-state index in [0.29, 0.717) is 12.0 Å². The predicted molar refractivity (Wildman–Crippen MR) is 81.0 cm³/mol. The molecule has 2 aromatic heterocycles. The number of thiophene rings is 1. The largest absolute Gasteiger partial charge is 0.419 e. The summed E-state index contributed by atoms with van der Waals surface area (Å²) in [5.41, 5.74) is 0.897. The van der Waals surface area contributed by atoms with Crippen molar-refractivity contribution in [1.29, 1.82) is 0 Å². The zero-order chi connectivity index (χ0) is 16.4. The van der Waals surface area contributed by atoms with E-state index in [1.54, 1.807) is 0 Å². The van der Waals surface area contributed by atoms with Gasteiger partial charge in [-0.1, -0.05) is 0 Å². The molecule has 3 rings (SSSR count). The average molecular weight is 335 g/mol. The van der Waals surface area contributed by atoms with Gasteiger partial charge in [-0.2, -0.15) is 0 Å². The molecule has 5 nitrogen and oxygen atoms in total. The zero-order valence-corrected chi connectivity index (χ0v) is 12.8. The molecule has 23 heavy (non-hydrogen) atoms. The van der Waals surface area contributed by atoms with E-state index in [1.807, 2.05) is 18.4 Å². The molecule has 0 aliphatic heterocycles. The lowest BCUT2D eigenvalue weighted by molar-refractivity contribution is -0.115. The fourth-order valence-corrected chi connectivity index (χ4v) is 2.78. The Morgan fingerprint density at radius 2 is 2.13 bits per heavy atom. The second-order valence-corrected chi connectivity index (χ2v) is 5.70. The minimum absolute atomic E-state index is 0.106. The Balaban J connectivity index is 1.69. The first-order valence-electron chi connectivity index (χ1n) is 6.64. The topological polar surface area (TPSA) is 68.0 Å². The van der Waals surface area contributed by atoms with Crippen molar-refractivity contribution in [2.45, 2.75) is 13.3 Å². The molecule has 0 saturated carbocycles. The van der Waals surface area contributed by atoms with Crippen LogP contribution in [0.5, 0.6) is 0 Å². The van der Waals surface area contributed by atoms with Crippen molar-refractivity contribution in [3.05, 3.63) is 52.7 Å². The van der Waals surface area contributed by atoms with Gasteiger partial charge >= 0.3 is 0 Å². The van der Waals surface area contributed by atoms with Gasteiger partial charge in [0.15, 0.2) is 0 Å². The van der Waals surface area contributed by atoms with Crippen LogP contribution >= 0.6 is 11.3 Å². The lowest BCUT2D eigenvalue weighted by Crippen LogP contribution is -2.15. The van der Waals surface area contributed by atoms with Gasteiger partial charge in [-0.05, 0) is 36.1 Å². The molecule has 0 fully saturated rings. The SMILES string of the molecule is Cc1ccsc1-c1nnc(CC(=O)Nc2ccc(F)cc2F)o1. The summed E-state index contributed by atoms with van der Waals surface area (Å²) in [4.78, 5) is 12.7. The van der Waals surface area contributed by atoms with E-state index < -0.39 is 17.5 Å². The summed E-state index contributed by atoms with van der Waals surface area (Å²) in [6.45, 7) is 1.92. The lowest BCUT2D eigenvalue weighted by atomic mass is 10.3. The van der Waals surface area contributed by atoms with Crippen LogP contribution in [-0.2, 0) is 11.2 Å². The van der Waals surface area contributed by atoms with E-state index in [2.05, 4.69) is 15.5 Å². The molecule has 1 amide bonds. The number of carbonyl (C=O) groups is 1. The summed E-state index contributed by atoms with van der Waals surface area (Å²) in [5.74, 6) is -1.64. The number of aryl methyl sites for hydroxylation is 1. The third-order valence-electron chi connectivity index (χ3n) is 3.04. The first-order valence-corrected chi connectivity index (χ1v) is 7.52. The molecule has 3 aromatic rings. The number of aromatic nitrogens is 2. The molecule has 0 aliphatic carbocycles. The number of nitrogens with one attached hydrogen (secondary N) is 1. The highest BCUT2D eigenvalue weighted by molar-refractivity contribution is 7.13. The molecule has 0 saturated heterocycles.